The molecule has 3 rings (SSSR count). The van der Waals surface area contributed by atoms with Crippen molar-refractivity contribution in [2.24, 2.45) is 0 Å². The molecule has 2 aromatic heterocycles. The van der Waals surface area contributed by atoms with E-state index in [-0.39, 0.29) is 6.03 Å². The van der Waals surface area contributed by atoms with Crippen LogP contribution in [0.4, 0.5) is 10.5 Å². The number of nitrogens with one attached hydrogen (secondary N) is 2. The summed E-state index contributed by atoms with van der Waals surface area (Å²) in [6, 6.07) is 7.36. The fraction of sp³-hybridized carbons (Fsp3) is 0.316. The number of rotatable bonds is 6. The van der Waals surface area contributed by atoms with Gasteiger partial charge in [-0.15, -0.1) is 0 Å². The Hall–Kier alpha value is -3.09. The first kappa shape index (κ1) is 17.7. The van der Waals surface area contributed by atoms with Crippen molar-refractivity contribution in [3.05, 3.63) is 59.9 Å². The summed E-state index contributed by atoms with van der Waals surface area (Å²) in [6.45, 7) is 7.49. The second-order valence-corrected chi connectivity index (χ2v) is 6.20. The number of anilines is 1. The Morgan fingerprint density at radius 3 is 2.62 bits per heavy atom. The lowest BCUT2D eigenvalue weighted by atomic mass is 10.2. The molecule has 2 heterocycles. The first-order valence-corrected chi connectivity index (χ1v) is 8.74. The van der Waals surface area contributed by atoms with Gasteiger partial charge >= 0.3 is 6.03 Å². The van der Waals surface area contributed by atoms with Gasteiger partial charge in [0.2, 0.25) is 0 Å². The monoisotopic (exact) mass is 352 g/mol. The van der Waals surface area contributed by atoms with Crippen LogP contribution in [0.3, 0.4) is 0 Å². The number of carbonyl (C=O) groups is 1. The van der Waals surface area contributed by atoms with Gasteiger partial charge in [-0.3, -0.25) is 4.68 Å². The van der Waals surface area contributed by atoms with Gasteiger partial charge in [0.1, 0.15) is 0 Å². The molecular weight excluding hydrogens is 328 g/mol. The van der Waals surface area contributed by atoms with Crippen molar-refractivity contribution < 1.29 is 4.79 Å². The highest BCUT2D eigenvalue weighted by Gasteiger charge is 2.12. The van der Waals surface area contributed by atoms with E-state index < -0.39 is 0 Å². The second-order valence-electron chi connectivity index (χ2n) is 6.20. The lowest BCUT2D eigenvalue weighted by Crippen LogP contribution is -2.28. The number of benzene rings is 1. The number of urea groups is 1. The smallest absolute Gasteiger partial charge is 0.319 e. The molecule has 0 aliphatic rings. The van der Waals surface area contributed by atoms with Gasteiger partial charge in [-0.1, -0.05) is 6.92 Å². The SMILES string of the molecule is CCCn1nc(C)c(CNC(=O)Nc2ccc(-n3ccnc3)cc2)c1C. The van der Waals surface area contributed by atoms with E-state index >= 15 is 0 Å². The number of nitrogens with zero attached hydrogens (tertiary/aromatic N) is 4. The van der Waals surface area contributed by atoms with E-state index in [1.54, 1.807) is 12.5 Å². The molecule has 136 valence electrons. The third-order valence-electron chi connectivity index (χ3n) is 4.32. The summed E-state index contributed by atoms with van der Waals surface area (Å²) in [6.07, 6.45) is 6.37. The van der Waals surface area contributed by atoms with E-state index in [1.165, 1.54) is 0 Å². The Kier molecular flexibility index (Phi) is 5.36. The zero-order chi connectivity index (χ0) is 18.5. The lowest BCUT2D eigenvalue weighted by molar-refractivity contribution is 0.251. The van der Waals surface area contributed by atoms with E-state index in [2.05, 4.69) is 27.6 Å². The number of amides is 2. The molecule has 2 amide bonds. The molecule has 7 nitrogen and oxygen atoms in total. The van der Waals surface area contributed by atoms with Crippen LogP contribution >= 0.6 is 0 Å². The predicted octanol–water partition coefficient (Wildman–Crippen LogP) is 3.42. The average Bonchev–Trinajstić information content (AvgIpc) is 3.24. The molecule has 0 fully saturated rings. The molecule has 7 heteroatoms. The van der Waals surface area contributed by atoms with Crippen LogP contribution in [0.1, 0.15) is 30.3 Å². The zero-order valence-corrected chi connectivity index (χ0v) is 15.4. The van der Waals surface area contributed by atoms with Crippen LogP contribution < -0.4 is 10.6 Å². The van der Waals surface area contributed by atoms with Crippen molar-refractivity contribution >= 4 is 11.7 Å². The molecule has 0 aliphatic heterocycles. The van der Waals surface area contributed by atoms with Gasteiger partial charge in [-0.05, 0) is 44.5 Å². The Labute approximate surface area is 153 Å². The molecule has 0 unspecified atom stereocenters. The maximum absolute atomic E-state index is 12.2. The molecule has 0 aliphatic carbocycles. The van der Waals surface area contributed by atoms with Gasteiger partial charge < -0.3 is 15.2 Å². The van der Waals surface area contributed by atoms with E-state index in [4.69, 9.17) is 0 Å². The van der Waals surface area contributed by atoms with Crippen LogP contribution in [0.15, 0.2) is 43.0 Å². The van der Waals surface area contributed by atoms with Crippen molar-refractivity contribution in [1.29, 1.82) is 0 Å². The summed E-state index contributed by atoms with van der Waals surface area (Å²) >= 11 is 0. The van der Waals surface area contributed by atoms with Crippen molar-refractivity contribution in [3.8, 4) is 5.69 Å². The highest BCUT2D eigenvalue weighted by molar-refractivity contribution is 5.89. The topological polar surface area (TPSA) is 76.8 Å². The summed E-state index contributed by atoms with van der Waals surface area (Å²) in [5, 5.41) is 10.3. The minimum atomic E-state index is -0.234. The number of imidazole rings is 1. The van der Waals surface area contributed by atoms with Crippen molar-refractivity contribution in [2.75, 3.05) is 5.32 Å². The lowest BCUT2D eigenvalue weighted by Gasteiger charge is -2.09. The van der Waals surface area contributed by atoms with Crippen LogP contribution in [0.5, 0.6) is 0 Å². The molecule has 0 saturated heterocycles. The predicted molar refractivity (Wildman–Crippen MR) is 101 cm³/mol. The molecule has 0 spiro atoms. The van der Waals surface area contributed by atoms with Crippen LogP contribution in [0, 0.1) is 13.8 Å². The van der Waals surface area contributed by atoms with E-state index in [1.807, 2.05) is 53.6 Å². The molecular formula is C19H24N6O. The summed E-state index contributed by atoms with van der Waals surface area (Å²) in [5.41, 5.74) is 4.86. The largest absolute Gasteiger partial charge is 0.334 e. The van der Waals surface area contributed by atoms with Gasteiger partial charge in [0.25, 0.3) is 0 Å². The number of hydrogen-bond acceptors (Lipinski definition) is 3. The first-order chi connectivity index (χ1) is 12.6. The number of hydrogen-bond donors (Lipinski definition) is 2. The fourth-order valence-corrected chi connectivity index (χ4v) is 2.89. The molecule has 2 N–H and O–H groups in total. The van der Waals surface area contributed by atoms with Gasteiger partial charge in [0, 0.05) is 48.1 Å². The van der Waals surface area contributed by atoms with Gasteiger partial charge in [-0.2, -0.15) is 5.10 Å². The Bertz CT molecular complexity index is 864. The quantitative estimate of drug-likeness (QED) is 0.714. The van der Waals surface area contributed by atoms with Crippen molar-refractivity contribution in [3.63, 3.8) is 0 Å². The maximum atomic E-state index is 12.2. The Morgan fingerprint density at radius 1 is 1.19 bits per heavy atom. The third-order valence-corrected chi connectivity index (χ3v) is 4.32. The Morgan fingerprint density at radius 2 is 1.96 bits per heavy atom. The molecule has 26 heavy (non-hydrogen) atoms. The molecule has 0 bridgehead atoms. The molecule has 3 aromatic rings. The van der Waals surface area contributed by atoms with Gasteiger partial charge in [0.15, 0.2) is 0 Å². The summed E-state index contributed by atoms with van der Waals surface area (Å²) < 4.78 is 3.91. The van der Waals surface area contributed by atoms with E-state index in [0.29, 0.717) is 6.54 Å². The minimum Gasteiger partial charge on any atom is -0.334 e. The fourth-order valence-electron chi connectivity index (χ4n) is 2.89. The van der Waals surface area contributed by atoms with Gasteiger partial charge in [-0.25, -0.2) is 9.78 Å². The number of aryl methyl sites for hydroxylation is 2. The van der Waals surface area contributed by atoms with Crippen molar-refractivity contribution in [2.45, 2.75) is 40.3 Å². The highest BCUT2D eigenvalue weighted by atomic mass is 16.2. The summed E-state index contributed by atoms with van der Waals surface area (Å²) in [4.78, 5) is 16.2. The number of carbonyl (C=O) groups excluding carboxylic acids is 1. The summed E-state index contributed by atoms with van der Waals surface area (Å²) in [7, 11) is 0. The standard InChI is InChI=1S/C19H24N6O/c1-4-10-25-15(3)18(14(2)23-25)12-21-19(26)22-16-5-7-17(8-6-16)24-11-9-20-13-24/h5-9,11,13H,4,10,12H2,1-3H3,(H2,21,22,26). The highest BCUT2D eigenvalue weighted by Crippen LogP contribution is 2.15. The minimum absolute atomic E-state index is 0.234. The Balaban J connectivity index is 1.58. The number of aromatic nitrogens is 4. The van der Waals surface area contributed by atoms with Gasteiger partial charge in [0.05, 0.1) is 12.0 Å². The molecule has 0 atom stereocenters. The van der Waals surface area contributed by atoms with Crippen molar-refractivity contribution in [1.82, 2.24) is 24.6 Å². The van der Waals surface area contributed by atoms with Crippen LogP contribution in [-0.2, 0) is 13.1 Å². The normalized spacial score (nSPS) is 10.7. The maximum Gasteiger partial charge on any atom is 0.319 e. The average molecular weight is 352 g/mol. The zero-order valence-electron chi connectivity index (χ0n) is 15.4. The first-order valence-electron chi connectivity index (χ1n) is 8.74. The molecule has 0 saturated carbocycles. The van der Waals surface area contributed by atoms with E-state index in [9.17, 15) is 4.79 Å². The van der Waals surface area contributed by atoms with Crippen LogP contribution in [-0.4, -0.2) is 25.4 Å². The molecule has 0 radical (unpaired) electrons. The molecule has 1 aromatic carbocycles. The summed E-state index contributed by atoms with van der Waals surface area (Å²) in [5.74, 6) is 0. The van der Waals surface area contributed by atoms with Crippen LogP contribution in [0.25, 0.3) is 5.69 Å². The second kappa shape index (κ2) is 7.86. The van der Waals surface area contributed by atoms with Crippen LogP contribution in [0.2, 0.25) is 0 Å². The third kappa shape index (κ3) is 3.93. The van der Waals surface area contributed by atoms with E-state index in [0.717, 1.165) is 41.3 Å².